The molecule has 3 fully saturated rings. The molecule has 3 aromatic rings. The highest BCUT2D eigenvalue weighted by Gasteiger charge is 2.35. The van der Waals surface area contributed by atoms with E-state index in [1.165, 1.54) is 24.8 Å². The maximum Gasteiger partial charge on any atom is 0.260 e. The number of pyridine rings is 1. The van der Waals surface area contributed by atoms with Crippen LogP contribution < -0.4 is 10.9 Å². The standard InChI is InChI=1S/C30H42N6O2/c1-3-30(11-4-12-30)20-32-29-31-18-26-24-10-5-21(19-35-15-13-34(2)14-16-35)17-25(24)28(38)36(27(26)33-29)22-6-8-23(37)9-7-22/h5,10,17-18,22-23,37H,3-4,6-9,11-16,19-20H2,1-2H3,(H,31,32,33)/t22-,23-. The van der Waals surface area contributed by atoms with Gasteiger partial charge in [0.05, 0.1) is 6.10 Å². The number of piperazine rings is 1. The first-order valence-corrected chi connectivity index (χ1v) is 14.6. The van der Waals surface area contributed by atoms with Gasteiger partial charge in [0, 0.05) is 62.3 Å². The van der Waals surface area contributed by atoms with Gasteiger partial charge in [-0.15, -0.1) is 0 Å². The zero-order chi connectivity index (χ0) is 26.3. The van der Waals surface area contributed by atoms with Crippen molar-refractivity contribution in [2.45, 2.75) is 77.0 Å². The lowest BCUT2D eigenvalue weighted by atomic mass is 9.67. The van der Waals surface area contributed by atoms with E-state index in [1.807, 2.05) is 10.8 Å². The molecule has 0 amide bonds. The van der Waals surface area contributed by atoms with Crippen LogP contribution in [0.15, 0.2) is 29.2 Å². The molecule has 0 unspecified atom stereocenters. The summed E-state index contributed by atoms with van der Waals surface area (Å²) in [6.45, 7) is 8.24. The van der Waals surface area contributed by atoms with Crippen molar-refractivity contribution in [2.75, 3.05) is 45.1 Å². The van der Waals surface area contributed by atoms with Crippen molar-refractivity contribution >= 4 is 27.8 Å². The number of likely N-dealkylation sites (N-methyl/N-ethyl adjacent to an activating group) is 1. The largest absolute Gasteiger partial charge is 0.393 e. The second-order valence-electron chi connectivity index (χ2n) is 12.1. The summed E-state index contributed by atoms with van der Waals surface area (Å²) >= 11 is 0. The van der Waals surface area contributed by atoms with Crippen molar-refractivity contribution in [3.8, 4) is 0 Å². The van der Waals surface area contributed by atoms with Gasteiger partial charge in [0.2, 0.25) is 5.95 Å². The number of hydrogen-bond acceptors (Lipinski definition) is 7. The van der Waals surface area contributed by atoms with Gasteiger partial charge in [0.15, 0.2) is 0 Å². The number of aromatic nitrogens is 3. The van der Waals surface area contributed by atoms with E-state index < -0.39 is 0 Å². The Morgan fingerprint density at radius 3 is 2.50 bits per heavy atom. The van der Waals surface area contributed by atoms with Crippen LogP contribution >= 0.6 is 0 Å². The SMILES string of the molecule is CCC1(CNc2ncc3c4ccc(CN5CCN(C)CC5)cc4c(=O)n([C@H]4CC[C@H](O)CC4)c3n2)CCC1. The van der Waals surface area contributed by atoms with Crippen molar-refractivity contribution in [1.82, 2.24) is 24.3 Å². The second kappa shape index (κ2) is 10.5. The molecule has 0 bridgehead atoms. The van der Waals surface area contributed by atoms with Crippen LogP contribution in [0.1, 0.15) is 69.9 Å². The van der Waals surface area contributed by atoms with Gasteiger partial charge < -0.3 is 15.3 Å². The summed E-state index contributed by atoms with van der Waals surface area (Å²) in [6.07, 6.45) is 9.59. The van der Waals surface area contributed by atoms with Gasteiger partial charge in [-0.1, -0.05) is 25.5 Å². The molecule has 1 aliphatic heterocycles. The minimum absolute atomic E-state index is 0.0304. The van der Waals surface area contributed by atoms with Crippen LogP contribution in [0.5, 0.6) is 0 Å². The third kappa shape index (κ3) is 4.94. The third-order valence-corrected chi connectivity index (χ3v) is 9.64. The molecule has 2 aromatic heterocycles. The lowest BCUT2D eigenvalue weighted by molar-refractivity contribution is 0.111. The van der Waals surface area contributed by atoms with Crippen LogP contribution in [0.3, 0.4) is 0 Å². The summed E-state index contributed by atoms with van der Waals surface area (Å²) in [4.78, 5) is 28.6. The highest BCUT2D eigenvalue weighted by Crippen LogP contribution is 2.43. The summed E-state index contributed by atoms with van der Waals surface area (Å²) in [7, 11) is 2.17. The fraction of sp³-hybridized carbons (Fsp3) is 0.633. The van der Waals surface area contributed by atoms with Crippen molar-refractivity contribution in [3.05, 3.63) is 40.3 Å². The quantitative estimate of drug-likeness (QED) is 0.454. The smallest absolute Gasteiger partial charge is 0.260 e. The first-order chi connectivity index (χ1) is 18.4. The molecule has 2 aliphatic carbocycles. The molecule has 3 heterocycles. The van der Waals surface area contributed by atoms with Crippen LogP contribution in [0.2, 0.25) is 0 Å². The van der Waals surface area contributed by atoms with E-state index in [0.717, 1.165) is 87.5 Å². The maximum absolute atomic E-state index is 14.1. The Morgan fingerprint density at radius 1 is 1.05 bits per heavy atom. The molecule has 8 nitrogen and oxygen atoms in total. The predicted molar refractivity (Wildman–Crippen MR) is 153 cm³/mol. The fourth-order valence-corrected chi connectivity index (χ4v) is 6.68. The van der Waals surface area contributed by atoms with Crippen LogP contribution in [0.25, 0.3) is 21.8 Å². The Bertz CT molecular complexity index is 1340. The molecule has 0 atom stereocenters. The molecule has 38 heavy (non-hydrogen) atoms. The summed E-state index contributed by atoms with van der Waals surface area (Å²) in [5.74, 6) is 0.604. The molecule has 2 saturated carbocycles. The third-order valence-electron chi connectivity index (χ3n) is 9.64. The zero-order valence-corrected chi connectivity index (χ0v) is 23.0. The second-order valence-corrected chi connectivity index (χ2v) is 12.1. The van der Waals surface area contributed by atoms with Gasteiger partial charge in [0.25, 0.3) is 5.56 Å². The van der Waals surface area contributed by atoms with Crippen LogP contribution in [0.4, 0.5) is 5.95 Å². The maximum atomic E-state index is 14.1. The van der Waals surface area contributed by atoms with Crippen molar-refractivity contribution in [2.24, 2.45) is 5.41 Å². The molecule has 0 spiro atoms. The molecular weight excluding hydrogens is 476 g/mol. The lowest BCUT2D eigenvalue weighted by Gasteiger charge is -2.41. The van der Waals surface area contributed by atoms with E-state index in [9.17, 15) is 9.90 Å². The van der Waals surface area contributed by atoms with Gasteiger partial charge in [-0.3, -0.25) is 14.3 Å². The highest BCUT2D eigenvalue weighted by molar-refractivity contribution is 6.04. The number of rotatable bonds is 7. The lowest BCUT2D eigenvalue weighted by Crippen LogP contribution is -2.43. The molecule has 3 aliphatic rings. The fourth-order valence-electron chi connectivity index (χ4n) is 6.68. The van der Waals surface area contributed by atoms with Gasteiger partial charge in [-0.2, -0.15) is 4.98 Å². The molecule has 1 saturated heterocycles. The van der Waals surface area contributed by atoms with E-state index in [4.69, 9.17) is 9.97 Å². The van der Waals surface area contributed by atoms with Crippen LogP contribution in [-0.2, 0) is 6.54 Å². The number of nitrogens with one attached hydrogen (secondary N) is 1. The molecule has 8 heteroatoms. The monoisotopic (exact) mass is 518 g/mol. The minimum Gasteiger partial charge on any atom is -0.393 e. The molecule has 0 radical (unpaired) electrons. The van der Waals surface area contributed by atoms with Crippen LogP contribution in [-0.4, -0.2) is 75.3 Å². The van der Waals surface area contributed by atoms with E-state index in [-0.39, 0.29) is 17.7 Å². The Kier molecular flexibility index (Phi) is 7.14. The topological polar surface area (TPSA) is 86.5 Å². The van der Waals surface area contributed by atoms with Crippen molar-refractivity contribution < 1.29 is 5.11 Å². The van der Waals surface area contributed by atoms with Gasteiger partial charge >= 0.3 is 0 Å². The summed E-state index contributed by atoms with van der Waals surface area (Å²) in [5.41, 5.74) is 2.27. The average Bonchev–Trinajstić information content (AvgIpc) is 2.91. The Labute approximate surface area is 225 Å². The van der Waals surface area contributed by atoms with E-state index in [0.29, 0.717) is 17.0 Å². The summed E-state index contributed by atoms with van der Waals surface area (Å²) in [5, 5.41) is 16.3. The minimum atomic E-state index is -0.275. The normalized spacial score (nSPS) is 24.5. The number of fused-ring (bicyclic) bond motifs is 3. The first-order valence-electron chi connectivity index (χ1n) is 14.6. The molecule has 2 N–H and O–H groups in total. The van der Waals surface area contributed by atoms with Gasteiger partial charge in [-0.25, -0.2) is 4.98 Å². The van der Waals surface area contributed by atoms with Gasteiger partial charge in [-0.05, 0) is 74.4 Å². The summed E-state index contributed by atoms with van der Waals surface area (Å²) < 4.78 is 1.93. The van der Waals surface area contributed by atoms with Crippen molar-refractivity contribution in [3.63, 3.8) is 0 Å². The predicted octanol–water partition coefficient (Wildman–Crippen LogP) is 4.16. The zero-order valence-electron chi connectivity index (χ0n) is 23.0. The first kappa shape index (κ1) is 25.7. The average molecular weight is 519 g/mol. The Hall–Kier alpha value is -2.55. The van der Waals surface area contributed by atoms with E-state index >= 15 is 0 Å². The number of nitrogens with zero attached hydrogens (tertiary/aromatic N) is 5. The van der Waals surface area contributed by atoms with E-state index in [2.05, 4.69) is 47.3 Å². The Morgan fingerprint density at radius 2 is 1.82 bits per heavy atom. The highest BCUT2D eigenvalue weighted by atomic mass is 16.3. The number of anilines is 1. The van der Waals surface area contributed by atoms with Crippen molar-refractivity contribution in [1.29, 1.82) is 0 Å². The Balaban J connectivity index is 1.39. The van der Waals surface area contributed by atoms with Gasteiger partial charge in [0.1, 0.15) is 5.65 Å². The number of hydrogen-bond donors (Lipinski definition) is 2. The number of aliphatic hydroxyl groups excluding tert-OH is 1. The molecular formula is C30H42N6O2. The van der Waals surface area contributed by atoms with Crippen LogP contribution in [0, 0.1) is 5.41 Å². The number of aliphatic hydroxyl groups is 1. The summed E-state index contributed by atoms with van der Waals surface area (Å²) in [6, 6.07) is 6.39. The molecule has 6 rings (SSSR count). The molecule has 204 valence electrons. The molecule has 1 aromatic carbocycles. The van der Waals surface area contributed by atoms with E-state index in [1.54, 1.807) is 0 Å². The number of benzene rings is 1.